The lowest BCUT2D eigenvalue weighted by Gasteiger charge is -2.12. The predicted molar refractivity (Wildman–Crippen MR) is 83.4 cm³/mol. The number of rotatable bonds is 8. The number of guanidine groups is 1. The number of benzene rings is 1. The van der Waals surface area contributed by atoms with Crippen LogP contribution in [-0.4, -0.2) is 11.7 Å². The zero-order chi connectivity index (χ0) is 15.0. The minimum atomic E-state index is 0.0922. The van der Waals surface area contributed by atoms with Crippen molar-refractivity contribution in [3.63, 3.8) is 0 Å². The molecule has 4 nitrogen and oxygen atoms in total. The first kappa shape index (κ1) is 16.2. The molecule has 0 bridgehead atoms. The summed E-state index contributed by atoms with van der Waals surface area (Å²) in [6.45, 7) is 4.68. The maximum absolute atomic E-state index is 12.2. The summed E-state index contributed by atoms with van der Waals surface area (Å²) in [4.78, 5) is 16.1. The van der Waals surface area contributed by atoms with Gasteiger partial charge in [0.1, 0.15) is 5.78 Å². The van der Waals surface area contributed by atoms with Gasteiger partial charge in [-0.3, -0.25) is 4.79 Å². The highest BCUT2D eigenvalue weighted by Gasteiger charge is 2.15. The molecule has 0 heterocycles. The Kier molecular flexibility index (Phi) is 6.77. The van der Waals surface area contributed by atoms with Crippen molar-refractivity contribution in [3.05, 3.63) is 35.4 Å². The highest BCUT2D eigenvalue weighted by molar-refractivity contribution is 5.83. The smallest absolute Gasteiger partial charge is 0.186 e. The lowest BCUT2D eigenvalue weighted by atomic mass is 9.91. The molecular formula is C16H25N3O. The Morgan fingerprint density at radius 3 is 2.25 bits per heavy atom. The second-order valence-corrected chi connectivity index (χ2v) is 5.09. The molecule has 1 unspecified atom stereocenters. The molecule has 0 spiro atoms. The van der Waals surface area contributed by atoms with Crippen LogP contribution in [-0.2, 0) is 17.8 Å². The van der Waals surface area contributed by atoms with Crippen LogP contribution in [0.15, 0.2) is 29.3 Å². The summed E-state index contributed by atoms with van der Waals surface area (Å²) in [5, 5.41) is 0. The van der Waals surface area contributed by atoms with Crippen molar-refractivity contribution in [2.45, 2.75) is 46.1 Å². The maximum atomic E-state index is 12.2. The average Bonchev–Trinajstić information content (AvgIpc) is 2.43. The van der Waals surface area contributed by atoms with E-state index < -0.39 is 0 Å². The van der Waals surface area contributed by atoms with Gasteiger partial charge in [0.15, 0.2) is 5.96 Å². The van der Waals surface area contributed by atoms with E-state index >= 15 is 0 Å². The Balaban J connectivity index is 2.60. The number of nitrogens with two attached hydrogens (primary N) is 2. The average molecular weight is 275 g/mol. The first-order chi connectivity index (χ1) is 9.56. The van der Waals surface area contributed by atoms with Crippen molar-refractivity contribution in [2.24, 2.45) is 22.4 Å². The van der Waals surface area contributed by atoms with Crippen LogP contribution in [0.1, 0.15) is 44.2 Å². The molecule has 1 aromatic carbocycles. The van der Waals surface area contributed by atoms with E-state index in [1.165, 1.54) is 0 Å². The Labute approximate surface area is 121 Å². The SMILES string of the molecule is CCCC(CC)C(=O)Cc1ccc(CN=C(N)N)cc1. The molecule has 0 amide bonds. The molecule has 1 rings (SSSR count). The summed E-state index contributed by atoms with van der Waals surface area (Å²) < 4.78 is 0. The Morgan fingerprint density at radius 1 is 1.15 bits per heavy atom. The van der Waals surface area contributed by atoms with E-state index in [0.717, 1.165) is 30.4 Å². The van der Waals surface area contributed by atoms with Gasteiger partial charge in [0.05, 0.1) is 6.54 Å². The van der Waals surface area contributed by atoms with Gasteiger partial charge in [-0.2, -0.15) is 0 Å². The van der Waals surface area contributed by atoms with E-state index in [4.69, 9.17) is 11.5 Å². The number of hydrogen-bond donors (Lipinski definition) is 2. The lowest BCUT2D eigenvalue weighted by molar-refractivity contribution is -0.122. The van der Waals surface area contributed by atoms with Crippen LogP contribution >= 0.6 is 0 Å². The number of carbonyl (C=O) groups is 1. The van der Waals surface area contributed by atoms with Gasteiger partial charge in [-0.1, -0.05) is 44.5 Å². The zero-order valence-electron chi connectivity index (χ0n) is 12.4. The third-order valence-corrected chi connectivity index (χ3v) is 3.43. The molecule has 4 heteroatoms. The van der Waals surface area contributed by atoms with E-state index in [1.54, 1.807) is 0 Å². The summed E-state index contributed by atoms with van der Waals surface area (Å²) in [7, 11) is 0. The van der Waals surface area contributed by atoms with Crippen LogP contribution < -0.4 is 11.5 Å². The molecule has 1 atom stereocenters. The molecule has 1 aromatic rings. The molecule has 0 aliphatic heterocycles. The molecule has 0 fully saturated rings. The molecular weight excluding hydrogens is 250 g/mol. The standard InChI is InChI=1S/C16H25N3O/c1-3-5-14(4-2)15(20)10-12-6-8-13(9-7-12)11-19-16(17)18/h6-9,14H,3-5,10-11H2,1-2H3,(H4,17,18,19). The summed E-state index contributed by atoms with van der Waals surface area (Å²) >= 11 is 0. The molecule has 110 valence electrons. The number of Topliss-reactive ketones (excluding diaryl/α,β-unsaturated/α-hetero) is 1. The van der Waals surface area contributed by atoms with Gasteiger partial charge in [-0.25, -0.2) is 4.99 Å². The van der Waals surface area contributed by atoms with Crippen molar-refractivity contribution in [1.29, 1.82) is 0 Å². The van der Waals surface area contributed by atoms with Crippen molar-refractivity contribution in [2.75, 3.05) is 0 Å². The van der Waals surface area contributed by atoms with Crippen molar-refractivity contribution >= 4 is 11.7 Å². The van der Waals surface area contributed by atoms with E-state index in [9.17, 15) is 4.79 Å². The summed E-state index contributed by atoms with van der Waals surface area (Å²) in [5.74, 6) is 0.627. The highest BCUT2D eigenvalue weighted by Crippen LogP contribution is 2.15. The van der Waals surface area contributed by atoms with E-state index in [2.05, 4.69) is 18.8 Å². The number of carbonyl (C=O) groups excluding carboxylic acids is 1. The van der Waals surface area contributed by atoms with E-state index in [1.807, 2.05) is 24.3 Å². The first-order valence-electron chi connectivity index (χ1n) is 7.22. The van der Waals surface area contributed by atoms with Gasteiger partial charge < -0.3 is 11.5 Å². The second-order valence-electron chi connectivity index (χ2n) is 5.09. The van der Waals surface area contributed by atoms with Gasteiger partial charge in [0, 0.05) is 12.3 Å². The van der Waals surface area contributed by atoms with Crippen LogP contribution in [0.4, 0.5) is 0 Å². The predicted octanol–water partition coefficient (Wildman–Crippen LogP) is 2.40. The Morgan fingerprint density at radius 2 is 1.75 bits per heavy atom. The van der Waals surface area contributed by atoms with Gasteiger partial charge in [-0.15, -0.1) is 0 Å². The van der Waals surface area contributed by atoms with Crippen molar-refractivity contribution in [1.82, 2.24) is 0 Å². The molecule has 0 radical (unpaired) electrons. The quantitative estimate of drug-likeness (QED) is 0.564. The third kappa shape index (κ3) is 5.43. The van der Waals surface area contributed by atoms with Crippen LogP contribution in [0.2, 0.25) is 0 Å². The molecule has 4 N–H and O–H groups in total. The minimum Gasteiger partial charge on any atom is -0.370 e. The molecule has 0 saturated heterocycles. The van der Waals surface area contributed by atoms with E-state index in [-0.39, 0.29) is 11.9 Å². The minimum absolute atomic E-state index is 0.0922. The molecule has 0 aliphatic carbocycles. The van der Waals surface area contributed by atoms with Crippen LogP contribution in [0.5, 0.6) is 0 Å². The number of ketones is 1. The van der Waals surface area contributed by atoms with Crippen LogP contribution in [0, 0.1) is 5.92 Å². The summed E-state index contributed by atoms with van der Waals surface area (Å²) in [5.41, 5.74) is 12.7. The topological polar surface area (TPSA) is 81.5 Å². The Hall–Kier alpha value is -1.84. The molecule has 0 aromatic heterocycles. The molecule has 0 aliphatic rings. The normalized spacial score (nSPS) is 11.9. The number of hydrogen-bond acceptors (Lipinski definition) is 2. The van der Waals surface area contributed by atoms with Crippen LogP contribution in [0.25, 0.3) is 0 Å². The lowest BCUT2D eigenvalue weighted by Crippen LogP contribution is -2.22. The monoisotopic (exact) mass is 275 g/mol. The second kappa shape index (κ2) is 8.35. The maximum Gasteiger partial charge on any atom is 0.186 e. The molecule has 0 saturated carbocycles. The fraction of sp³-hybridized carbons (Fsp3) is 0.500. The van der Waals surface area contributed by atoms with Crippen molar-refractivity contribution in [3.8, 4) is 0 Å². The third-order valence-electron chi connectivity index (χ3n) is 3.43. The fourth-order valence-corrected chi connectivity index (χ4v) is 2.23. The largest absolute Gasteiger partial charge is 0.370 e. The first-order valence-corrected chi connectivity index (χ1v) is 7.22. The summed E-state index contributed by atoms with van der Waals surface area (Å²) in [6, 6.07) is 7.90. The van der Waals surface area contributed by atoms with Gasteiger partial charge in [0.2, 0.25) is 0 Å². The van der Waals surface area contributed by atoms with Crippen molar-refractivity contribution < 1.29 is 4.79 Å². The Bertz CT molecular complexity index is 447. The number of aliphatic imine (C=N–C) groups is 1. The highest BCUT2D eigenvalue weighted by atomic mass is 16.1. The zero-order valence-corrected chi connectivity index (χ0v) is 12.4. The molecule has 20 heavy (non-hydrogen) atoms. The number of nitrogens with zero attached hydrogens (tertiary/aromatic N) is 1. The van der Waals surface area contributed by atoms with Gasteiger partial charge in [-0.05, 0) is 24.0 Å². The fourth-order valence-electron chi connectivity index (χ4n) is 2.23. The van der Waals surface area contributed by atoms with E-state index in [0.29, 0.717) is 18.7 Å². The van der Waals surface area contributed by atoms with Crippen LogP contribution in [0.3, 0.4) is 0 Å². The van der Waals surface area contributed by atoms with Gasteiger partial charge >= 0.3 is 0 Å². The summed E-state index contributed by atoms with van der Waals surface area (Å²) in [6.07, 6.45) is 3.48. The van der Waals surface area contributed by atoms with Gasteiger partial charge in [0.25, 0.3) is 0 Å².